The molecule has 2 rings (SSSR count). The van der Waals surface area contributed by atoms with Gasteiger partial charge in [0, 0.05) is 6.04 Å². The summed E-state index contributed by atoms with van der Waals surface area (Å²) in [6, 6.07) is 5.26. The van der Waals surface area contributed by atoms with Crippen molar-refractivity contribution in [1.29, 1.82) is 0 Å². The SMILES string of the molecule is OCC(NC1CC1)c1ccc(F)c(Br)c1. The van der Waals surface area contributed by atoms with Crippen molar-refractivity contribution in [2.75, 3.05) is 6.61 Å². The Labute approximate surface area is 96.6 Å². The molecule has 1 saturated carbocycles. The Morgan fingerprint density at radius 1 is 1.53 bits per heavy atom. The zero-order valence-electron chi connectivity index (χ0n) is 8.21. The van der Waals surface area contributed by atoms with Crippen LogP contribution in [0.15, 0.2) is 22.7 Å². The van der Waals surface area contributed by atoms with E-state index in [0.717, 1.165) is 5.56 Å². The maximum Gasteiger partial charge on any atom is 0.137 e. The van der Waals surface area contributed by atoms with Crippen molar-refractivity contribution in [2.24, 2.45) is 0 Å². The lowest BCUT2D eigenvalue weighted by molar-refractivity contribution is 0.243. The summed E-state index contributed by atoms with van der Waals surface area (Å²) in [4.78, 5) is 0. The smallest absolute Gasteiger partial charge is 0.137 e. The minimum absolute atomic E-state index is 0.0363. The largest absolute Gasteiger partial charge is 0.394 e. The summed E-state index contributed by atoms with van der Waals surface area (Å²) < 4.78 is 13.5. The predicted octanol–water partition coefficient (Wildman–Crippen LogP) is 2.37. The van der Waals surface area contributed by atoms with Crippen molar-refractivity contribution >= 4 is 15.9 Å². The fourth-order valence-electron chi connectivity index (χ4n) is 1.52. The third-order valence-corrected chi connectivity index (χ3v) is 3.15. The van der Waals surface area contributed by atoms with Crippen molar-refractivity contribution in [1.82, 2.24) is 5.32 Å². The molecule has 1 aromatic rings. The molecule has 0 bridgehead atoms. The van der Waals surface area contributed by atoms with Crippen LogP contribution in [0.3, 0.4) is 0 Å². The first-order valence-corrected chi connectivity index (χ1v) is 5.82. The molecule has 15 heavy (non-hydrogen) atoms. The molecule has 4 heteroatoms. The topological polar surface area (TPSA) is 32.3 Å². The Balaban J connectivity index is 2.13. The average Bonchev–Trinajstić information content (AvgIpc) is 3.02. The summed E-state index contributed by atoms with van der Waals surface area (Å²) in [6.07, 6.45) is 2.33. The van der Waals surface area contributed by atoms with Crippen molar-refractivity contribution < 1.29 is 9.50 Å². The van der Waals surface area contributed by atoms with E-state index in [-0.39, 0.29) is 18.5 Å². The number of aliphatic hydroxyl groups excluding tert-OH is 1. The van der Waals surface area contributed by atoms with Gasteiger partial charge in [0.2, 0.25) is 0 Å². The van der Waals surface area contributed by atoms with E-state index in [9.17, 15) is 9.50 Å². The van der Waals surface area contributed by atoms with Gasteiger partial charge in [-0.15, -0.1) is 0 Å². The highest BCUT2D eigenvalue weighted by atomic mass is 79.9. The summed E-state index contributed by atoms with van der Waals surface area (Å²) in [5, 5.41) is 12.6. The Morgan fingerprint density at radius 3 is 2.80 bits per heavy atom. The van der Waals surface area contributed by atoms with Crippen LogP contribution in [-0.4, -0.2) is 17.8 Å². The molecule has 0 spiro atoms. The molecule has 2 N–H and O–H groups in total. The van der Waals surface area contributed by atoms with Crippen LogP contribution in [0.5, 0.6) is 0 Å². The third-order valence-electron chi connectivity index (χ3n) is 2.54. The lowest BCUT2D eigenvalue weighted by Gasteiger charge is -2.16. The van der Waals surface area contributed by atoms with Gasteiger partial charge in [0.15, 0.2) is 0 Å². The fraction of sp³-hybridized carbons (Fsp3) is 0.455. The number of rotatable bonds is 4. The maximum atomic E-state index is 13.0. The lowest BCUT2D eigenvalue weighted by atomic mass is 10.1. The molecule has 1 atom stereocenters. The van der Waals surface area contributed by atoms with Crippen molar-refractivity contribution in [3.05, 3.63) is 34.1 Å². The summed E-state index contributed by atoms with van der Waals surface area (Å²) >= 11 is 3.14. The Bertz CT molecular complexity index is 354. The molecule has 2 nitrogen and oxygen atoms in total. The molecule has 0 aliphatic heterocycles. The van der Waals surface area contributed by atoms with Crippen LogP contribution in [0, 0.1) is 5.82 Å². The van der Waals surface area contributed by atoms with Crippen LogP contribution in [0.25, 0.3) is 0 Å². The van der Waals surface area contributed by atoms with E-state index in [1.807, 2.05) is 0 Å². The van der Waals surface area contributed by atoms with Crippen LogP contribution >= 0.6 is 15.9 Å². The highest BCUT2D eigenvalue weighted by molar-refractivity contribution is 9.10. The highest BCUT2D eigenvalue weighted by Gasteiger charge is 2.25. The van der Waals surface area contributed by atoms with Gasteiger partial charge in [-0.3, -0.25) is 0 Å². The van der Waals surface area contributed by atoms with Gasteiger partial charge in [-0.2, -0.15) is 0 Å². The third kappa shape index (κ3) is 2.77. The molecule has 1 unspecified atom stereocenters. The molecule has 0 heterocycles. The first kappa shape index (κ1) is 11.0. The minimum Gasteiger partial charge on any atom is -0.394 e. The van der Waals surface area contributed by atoms with E-state index in [4.69, 9.17) is 0 Å². The summed E-state index contributed by atoms with van der Waals surface area (Å²) in [7, 11) is 0. The Morgan fingerprint density at radius 2 is 2.27 bits per heavy atom. The zero-order valence-corrected chi connectivity index (χ0v) is 9.80. The van der Waals surface area contributed by atoms with Gasteiger partial charge >= 0.3 is 0 Å². The second kappa shape index (κ2) is 4.60. The van der Waals surface area contributed by atoms with Gasteiger partial charge in [0.25, 0.3) is 0 Å². The van der Waals surface area contributed by atoms with Gasteiger partial charge in [0.05, 0.1) is 17.1 Å². The Hall–Kier alpha value is -0.450. The van der Waals surface area contributed by atoms with E-state index < -0.39 is 0 Å². The highest BCUT2D eigenvalue weighted by Crippen LogP contribution is 2.26. The van der Waals surface area contributed by atoms with Crippen molar-refractivity contribution in [3.8, 4) is 0 Å². The molecular weight excluding hydrogens is 261 g/mol. The zero-order chi connectivity index (χ0) is 10.8. The molecule has 0 radical (unpaired) electrons. The molecule has 1 fully saturated rings. The van der Waals surface area contributed by atoms with E-state index in [0.29, 0.717) is 10.5 Å². The maximum absolute atomic E-state index is 13.0. The van der Waals surface area contributed by atoms with Crippen LogP contribution in [-0.2, 0) is 0 Å². The van der Waals surface area contributed by atoms with Gasteiger partial charge < -0.3 is 10.4 Å². The number of benzene rings is 1. The van der Waals surface area contributed by atoms with Gasteiger partial charge in [-0.25, -0.2) is 4.39 Å². The standard InChI is InChI=1S/C11H13BrFNO/c12-9-5-7(1-4-10(9)13)11(6-15)14-8-2-3-8/h1,4-5,8,11,14-15H,2-3,6H2. The van der Waals surface area contributed by atoms with Gasteiger partial charge in [0.1, 0.15) is 5.82 Å². The summed E-state index contributed by atoms with van der Waals surface area (Å²) in [6.45, 7) is 0.0363. The second-order valence-electron chi connectivity index (χ2n) is 3.85. The lowest BCUT2D eigenvalue weighted by Crippen LogP contribution is -2.26. The first-order chi connectivity index (χ1) is 7.20. The van der Waals surface area contributed by atoms with Crippen molar-refractivity contribution in [3.63, 3.8) is 0 Å². The molecule has 1 aromatic carbocycles. The summed E-state index contributed by atoms with van der Waals surface area (Å²) in [5.74, 6) is -0.276. The van der Waals surface area contributed by atoms with Crippen LogP contribution in [0.4, 0.5) is 4.39 Å². The minimum atomic E-state index is -0.276. The first-order valence-electron chi connectivity index (χ1n) is 5.02. The number of hydrogen-bond acceptors (Lipinski definition) is 2. The Kier molecular flexibility index (Phi) is 3.38. The molecule has 0 aromatic heterocycles. The molecule has 1 aliphatic rings. The second-order valence-corrected chi connectivity index (χ2v) is 4.70. The summed E-state index contributed by atoms with van der Waals surface area (Å²) in [5.41, 5.74) is 0.915. The number of aliphatic hydroxyl groups is 1. The normalized spacial score (nSPS) is 17.8. The van der Waals surface area contributed by atoms with Gasteiger partial charge in [-0.05, 0) is 46.5 Å². The number of nitrogens with one attached hydrogen (secondary N) is 1. The van der Waals surface area contributed by atoms with E-state index in [1.165, 1.54) is 18.9 Å². The van der Waals surface area contributed by atoms with E-state index >= 15 is 0 Å². The fourth-order valence-corrected chi connectivity index (χ4v) is 1.91. The molecule has 1 aliphatic carbocycles. The van der Waals surface area contributed by atoms with E-state index in [1.54, 1.807) is 12.1 Å². The molecule has 0 amide bonds. The monoisotopic (exact) mass is 273 g/mol. The average molecular weight is 274 g/mol. The van der Waals surface area contributed by atoms with Gasteiger partial charge in [-0.1, -0.05) is 6.07 Å². The van der Waals surface area contributed by atoms with Crippen LogP contribution < -0.4 is 5.32 Å². The quantitative estimate of drug-likeness (QED) is 0.883. The van der Waals surface area contributed by atoms with E-state index in [2.05, 4.69) is 21.2 Å². The van der Waals surface area contributed by atoms with Crippen LogP contribution in [0.2, 0.25) is 0 Å². The van der Waals surface area contributed by atoms with Crippen LogP contribution in [0.1, 0.15) is 24.4 Å². The predicted molar refractivity (Wildman–Crippen MR) is 60.1 cm³/mol. The van der Waals surface area contributed by atoms with Crippen molar-refractivity contribution in [2.45, 2.75) is 24.9 Å². The number of hydrogen-bond donors (Lipinski definition) is 2. The molecule has 0 saturated heterocycles. The number of halogens is 2. The molecule has 82 valence electrons. The molecular formula is C11H13BrFNO.